The van der Waals surface area contributed by atoms with E-state index in [1.54, 1.807) is 7.11 Å². The van der Waals surface area contributed by atoms with E-state index in [-0.39, 0.29) is 5.78 Å². The quantitative estimate of drug-likeness (QED) is 0.808. The molecule has 1 aromatic heterocycles. The highest BCUT2D eigenvalue weighted by Crippen LogP contribution is 2.29. The number of aromatic nitrogens is 1. The van der Waals surface area contributed by atoms with E-state index in [2.05, 4.69) is 4.98 Å². The first kappa shape index (κ1) is 14.2. The molecule has 1 saturated carbocycles. The normalized spacial score (nSPS) is 16.2. The van der Waals surface area contributed by atoms with Crippen molar-refractivity contribution >= 4 is 16.7 Å². The first-order chi connectivity index (χ1) is 10.3. The fourth-order valence-corrected chi connectivity index (χ4v) is 3.40. The first-order valence-electron chi connectivity index (χ1n) is 7.96. The summed E-state index contributed by atoms with van der Waals surface area (Å²) >= 11 is 0. The second-order valence-corrected chi connectivity index (χ2v) is 6.08. The number of ketones is 1. The third kappa shape index (κ3) is 3.12. The van der Waals surface area contributed by atoms with E-state index in [1.165, 1.54) is 32.1 Å². The van der Waals surface area contributed by atoms with Crippen molar-refractivity contribution in [1.29, 1.82) is 0 Å². The molecular weight excluding hydrogens is 262 g/mol. The topological polar surface area (TPSA) is 42.1 Å². The number of fused-ring (bicyclic) bond motifs is 1. The van der Waals surface area contributed by atoms with Crippen LogP contribution in [0.25, 0.3) is 10.9 Å². The highest BCUT2D eigenvalue weighted by atomic mass is 16.5. The number of rotatable bonds is 5. The molecule has 0 spiro atoms. The van der Waals surface area contributed by atoms with E-state index in [1.807, 2.05) is 24.4 Å². The summed E-state index contributed by atoms with van der Waals surface area (Å²) in [7, 11) is 1.65. The van der Waals surface area contributed by atoms with E-state index in [9.17, 15) is 4.79 Å². The van der Waals surface area contributed by atoms with Crippen LogP contribution in [0.4, 0.5) is 0 Å². The van der Waals surface area contributed by atoms with Crippen molar-refractivity contribution in [1.82, 2.24) is 4.98 Å². The molecule has 1 aromatic carbocycles. The molecule has 1 fully saturated rings. The second kappa shape index (κ2) is 6.33. The molecule has 21 heavy (non-hydrogen) atoms. The van der Waals surface area contributed by atoms with Gasteiger partial charge in [-0.15, -0.1) is 0 Å². The van der Waals surface area contributed by atoms with Gasteiger partial charge in [-0.05, 0) is 30.5 Å². The Labute approximate surface area is 125 Å². The molecule has 3 nitrogen and oxygen atoms in total. The zero-order valence-electron chi connectivity index (χ0n) is 12.7. The number of hydrogen-bond acceptors (Lipinski definition) is 2. The van der Waals surface area contributed by atoms with E-state index < -0.39 is 0 Å². The Morgan fingerprint density at radius 3 is 2.86 bits per heavy atom. The van der Waals surface area contributed by atoms with Gasteiger partial charge in [-0.3, -0.25) is 4.79 Å². The van der Waals surface area contributed by atoms with Gasteiger partial charge < -0.3 is 9.72 Å². The maximum absolute atomic E-state index is 12.5. The van der Waals surface area contributed by atoms with Crippen molar-refractivity contribution in [2.45, 2.75) is 44.9 Å². The molecule has 0 aliphatic heterocycles. The summed E-state index contributed by atoms with van der Waals surface area (Å²) in [6.07, 6.45) is 10.2. The van der Waals surface area contributed by atoms with Gasteiger partial charge in [0.15, 0.2) is 5.78 Å². The van der Waals surface area contributed by atoms with Gasteiger partial charge in [0.05, 0.1) is 7.11 Å². The molecule has 0 amide bonds. The average molecular weight is 285 g/mol. The Balaban J connectivity index is 1.71. The molecule has 112 valence electrons. The van der Waals surface area contributed by atoms with Crippen LogP contribution in [0.3, 0.4) is 0 Å². The van der Waals surface area contributed by atoms with Crippen LogP contribution in [0.5, 0.6) is 5.75 Å². The number of ether oxygens (including phenoxy) is 1. The molecule has 1 aliphatic rings. The third-order valence-corrected chi connectivity index (χ3v) is 4.69. The molecule has 1 aliphatic carbocycles. The maximum Gasteiger partial charge on any atom is 0.165 e. The minimum absolute atomic E-state index is 0.250. The Morgan fingerprint density at radius 2 is 2.10 bits per heavy atom. The lowest BCUT2D eigenvalue weighted by Gasteiger charge is -2.20. The van der Waals surface area contributed by atoms with Crippen LogP contribution in [-0.4, -0.2) is 17.9 Å². The SMILES string of the molecule is COc1ccc2[nH]cc(C(=O)CCC3CCCCC3)c2c1. The molecule has 1 N–H and O–H groups in total. The number of carbonyl (C=O) groups excluding carboxylic acids is 1. The average Bonchev–Trinajstić information content (AvgIpc) is 2.96. The zero-order chi connectivity index (χ0) is 14.7. The van der Waals surface area contributed by atoms with Crippen molar-refractivity contribution in [3.05, 3.63) is 30.0 Å². The molecule has 0 unspecified atom stereocenters. The van der Waals surface area contributed by atoms with E-state index in [0.29, 0.717) is 6.42 Å². The maximum atomic E-state index is 12.5. The Morgan fingerprint density at radius 1 is 1.29 bits per heavy atom. The number of hydrogen-bond donors (Lipinski definition) is 1. The van der Waals surface area contributed by atoms with Crippen molar-refractivity contribution in [2.75, 3.05) is 7.11 Å². The minimum atomic E-state index is 0.250. The third-order valence-electron chi connectivity index (χ3n) is 4.69. The van der Waals surface area contributed by atoms with Gasteiger partial charge >= 0.3 is 0 Å². The predicted molar refractivity (Wildman–Crippen MR) is 85.0 cm³/mol. The van der Waals surface area contributed by atoms with Gasteiger partial charge in [0.2, 0.25) is 0 Å². The Hall–Kier alpha value is -1.77. The smallest absolute Gasteiger partial charge is 0.165 e. The fraction of sp³-hybridized carbons (Fsp3) is 0.500. The number of Topliss-reactive ketones (excluding diaryl/α,β-unsaturated/α-hetero) is 1. The van der Waals surface area contributed by atoms with Gasteiger partial charge in [0, 0.05) is 29.1 Å². The molecule has 2 aromatic rings. The van der Waals surface area contributed by atoms with E-state index in [4.69, 9.17) is 4.74 Å². The summed E-state index contributed by atoms with van der Waals surface area (Å²) in [5.41, 5.74) is 1.80. The van der Waals surface area contributed by atoms with Crippen molar-refractivity contribution in [3.63, 3.8) is 0 Å². The van der Waals surface area contributed by atoms with Gasteiger partial charge in [-0.2, -0.15) is 0 Å². The van der Waals surface area contributed by atoms with Crippen LogP contribution in [0.2, 0.25) is 0 Å². The summed E-state index contributed by atoms with van der Waals surface area (Å²) in [6.45, 7) is 0. The number of methoxy groups -OCH3 is 1. The highest BCUT2D eigenvalue weighted by Gasteiger charge is 2.17. The van der Waals surface area contributed by atoms with Crippen LogP contribution in [0, 0.1) is 5.92 Å². The number of benzene rings is 1. The number of H-pyrrole nitrogens is 1. The number of carbonyl (C=O) groups is 1. The van der Waals surface area contributed by atoms with Crippen LogP contribution in [0.1, 0.15) is 55.3 Å². The van der Waals surface area contributed by atoms with Crippen molar-refractivity contribution in [3.8, 4) is 5.75 Å². The Kier molecular flexibility index (Phi) is 4.28. The lowest BCUT2D eigenvalue weighted by molar-refractivity contribution is 0.0972. The monoisotopic (exact) mass is 285 g/mol. The van der Waals surface area contributed by atoms with Gasteiger partial charge in [-0.1, -0.05) is 32.1 Å². The van der Waals surface area contributed by atoms with Crippen LogP contribution < -0.4 is 4.74 Å². The van der Waals surface area contributed by atoms with Crippen molar-refractivity contribution in [2.24, 2.45) is 5.92 Å². The lowest BCUT2D eigenvalue weighted by atomic mass is 9.85. The van der Waals surface area contributed by atoms with Crippen LogP contribution >= 0.6 is 0 Å². The summed E-state index contributed by atoms with van der Waals surface area (Å²) in [5.74, 6) is 1.80. The van der Waals surface area contributed by atoms with E-state index >= 15 is 0 Å². The predicted octanol–water partition coefficient (Wildman–Crippen LogP) is 4.72. The highest BCUT2D eigenvalue weighted by molar-refractivity contribution is 6.08. The zero-order valence-corrected chi connectivity index (χ0v) is 12.7. The standard InChI is InChI=1S/C18H23NO2/c1-21-14-8-9-17-15(11-14)16(12-19-17)18(20)10-7-13-5-3-2-4-6-13/h8-9,11-13,19H,2-7,10H2,1H3. The summed E-state index contributed by atoms with van der Waals surface area (Å²) in [5, 5.41) is 0.975. The van der Waals surface area contributed by atoms with Gasteiger partial charge in [0.25, 0.3) is 0 Å². The lowest BCUT2D eigenvalue weighted by Crippen LogP contribution is -2.09. The van der Waals surface area contributed by atoms with Crippen LogP contribution in [0.15, 0.2) is 24.4 Å². The molecule has 0 atom stereocenters. The molecular formula is C18H23NO2. The molecule has 0 saturated heterocycles. The molecule has 1 heterocycles. The number of nitrogens with one attached hydrogen (secondary N) is 1. The van der Waals surface area contributed by atoms with E-state index in [0.717, 1.165) is 34.6 Å². The molecule has 3 heteroatoms. The van der Waals surface area contributed by atoms with Crippen molar-refractivity contribution < 1.29 is 9.53 Å². The molecule has 0 bridgehead atoms. The second-order valence-electron chi connectivity index (χ2n) is 6.08. The summed E-state index contributed by atoms with van der Waals surface area (Å²) < 4.78 is 5.26. The van der Waals surface area contributed by atoms with Gasteiger partial charge in [-0.25, -0.2) is 0 Å². The minimum Gasteiger partial charge on any atom is -0.497 e. The largest absolute Gasteiger partial charge is 0.497 e. The molecule has 3 rings (SSSR count). The van der Waals surface area contributed by atoms with Gasteiger partial charge in [0.1, 0.15) is 5.75 Å². The Bertz CT molecular complexity index is 623. The summed E-state index contributed by atoms with van der Waals surface area (Å²) in [6, 6.07) is 5.82. The number of aromatic amines is 1. The summed E-state index contributed by atoms with van der Waals surface area (Å²) in [4.78, 5) is 15.7. The fourth-order valence-electron chi connectivity index (χ4n) is 3.40. The molecule has 0 radical (unpaired) electrons. The van der Waals surface area contributed by atoms with Crippen LogP contribution in [-0.2, 0) is 0 Å². The first-order valence-corrected chi connectivity index (χ1v) is 7.96.